The van der Waals surface area contributed by atoms with Crippen molar-refractivity contribution in [2.75, 3.05) is 10.6 Å². The van der Waals surface area contributed by atoms with Crippen LogP contribution in [-0.2, 0) is 4.79 Å². The van der Waals surface area contributed by atoms with E-state index in [2.05, 4.69) is 33.5 Å². The maximum absolute atomic E-state index is 11.7. The first-order valence-corrected chi connectivity index (χ1v) is 6.34. The smallest absolute Gasteiger partial charge is 0.226 e. The van der Waals surface area contributed by atoms with E-state index < -0.39 is 0 Å². The minimum absolute atomic E-state index is 0.0898. The molecule has 0 saturated heterocycles. The molecule has 16 heavy (non-hydrogen) atoms. The van der Waals surface area contributed by atoms with Crippen molar-refractivity contribution >= 4 is 33.2 Å². The first-order valence-electron chi connectivity index (χ1n) is 5.55. The summed E-state index contributed by atoms with van der Waals surface area (Å²) in [5, 5.41) is 6.33. The number of carbonyl (C=O) groups is 1. The molecule has 3 nitrogen and oxygen atoms in total. The second kappa shape index (κ2) is 4.87. The Labute approximate surface area is 104 Å². The number of anilines is 2. The zero-order chi connectivity index (χ0) is 11.5. The summed E-state index contributed by atoms with van der Waals surface area (Å²) in [5.74, 6) is 0.0898. The van der Waals surface area contributed by atoms with Gasteiger partial charge in [-0.1, -0.05) is 29.3 Å². The third-order valence-corrected chi connectivity index (χ3v) is 3.18. The fraction of sp³-hybridized carbons (Fsp3) is 0.417. The lowest BCUT2D eigenvalue weighted by Gasteiger charge is -2.15. The third kappa shape index (κ3) is 2.55. The summed E-state index contributed by atoms with van der Waals surface area (Å²) in [6.07, 6.45) is 2.63. The van der Waals surface area contributed by atoms with Gasteiger partial charge in [0.15, 0.2) is 0 Å². The number of hydrogen-bond acceptors (Lipinski definition) is 2. The molecule has 86 valence electrons. The van der Waals surface area contributed by atoms with Crippen molar-refractivity contribution in [2.24, 2.45) is 0 Å². The number of hydrogen-bond donors (Lipinski definition) is 2. The van der Waals surface area contributed by atoms with Crippen molar-refractivity contribution in [3.05, 3.63) is 22.7 Å². The molecular weight excluding hydrogens is 268 g/mol. The summed E-state index contributed by atoms with van der Waals surface area (Å²) >= 11 is 3.44. The topological polar surface area (TPSA) is 41.1 Å². The van der Waals surface area contributed by atoms with Crippen LogP contribution >= 0.6 is 15.9 Å². The molecule has 1 aromatic carbocycles. The number of nitrogens with one attached hydrogen (secondary N) is 2. The van der Waals surface area contributed by atoms with Gasteiger partial charge in [-0.05, 0) is 24.6 Å². The highest BCUT2D eigenvalue weighted by atomic mass is 79.9. The number of amides is 1. The average molecular weight is 283 g/mol. The van der Waals surface area contributed by atoms with Crippen LogP contribution in [0.4, 0.5) is 11.4 Å². The highest BCUT2D eigenvalue weighted by molar-refractivity contribution is 9.10. The minimum Gasteiger partial charge on any atom is -0.380 e. The Hall–Kier alpha value is -1.03. The Kier molecular flexibility index (Phi) is 3.49. The van der Waals surface area contributed by atoms with Crippen molar-refractivity contribution in [1.29, 1.82) is 0 Å². The monoisotopic (exact) mass is 282 g/mol. The van der Waals surface area contributed by atoms with Gasteiger partial charge in [0.05, 0.1) is 11.4 Å². The molecule has 2 rings (SSSR count). The lowest BCUT2D eigenvalue weighted by atomic mass is 10.1. The van der Waals surface area contributed by atoms with Gasteiger partial charge in [0, 0.05) is 16.9 Å². The SMILES string of the molecule is CCCC1CC(=O)Nc2ccc(Br)cc2N1. The molecule has 1 unspecified atom stereocenters. The largest absolute Gasteiger partial charge is 0.380 e. The highest BCUT2D eigenvalue weighted by Crippen LogP contribution is 2.30. The third-order valence-electron chi connectivity index (χ3n) is 2.68. The molecule has 0 radical (unpaired) electrons. The normalized spacial score (nSPS) is 19.4. The lowest BCUT2D eigenvalue weighted by Crippen LogP contribution is -2.22. The Morgan fingerprint density at radius 1 is 1.44 bits per heavy atom. The second-order valence-electron chi connectivity index (χ2n) is 4.07. The zero-order valence-corrected chi connectivity index (χ0v) is 10.8. The lowest BCUT2D eigenvalue weighted by molar-refractivity contribution is -0.116. The molecule has 0 fully saturated rings. The predicted molar refractivity (Wildman–Crippen MR) is 69.7 cm³/mol. The number of rotatable bonds is 2. The highest BCUT2D eigenvalue weighted by Gasteiger charge is 2.19. The molecule has 4 heteroatoms. The number of fused-ring (bicyclic) bond motifs is 1. The van der Waals surface area contributed by atoms with E-state index in [0.717, 1.165) is 28.7 Å². The Morgan fingerprint density at radius 2 is 2.25 bits per heavy atom. The fourth-order valence-electron chi connectivity index (χ4n) is 1.96. The van der Waals surface area contributed by atoms with Crippen molar-refractivity contribution in [3.63, 3.8) is 0 Å². The summed E-state index contributed by atoms with van der Waals surface area (Å²) in [7, 11) is 0. The van der Waals surface area contributed by atoms with Crippen LogP contribution in [0.5, 0.6) is 0 Å². The van der Waals surface area contributed by atoms with Crippen molar-refractivity contribution in [3.8, 4) is 0 Å². The van der Waals surface area contributed by atoms with Gasteiger partial charge in [-0.2, -0.15) is 0 Å². The quantitative estimate of drug-likeness (QED) is 0.873. The molecule has 0 aromatic heterocycles. The molecule has 2 N–H and O–H groups in total. The molecule has 0 spiro atoms. The maximum atomic E-state index is 11.7. The van der Waals surface area contributed by atoms with Gasteiger partial charge >= 0.3 is 0 Å². The molecular formula is C12H15BrN2O. The summed E-state index contributed by atoms with van der Waals surface area (Å²) in [5.41, 5.74) is 1.87. The molecule has 0 saturated carbocycles. The van der Waals surface area contributed by atoms with E-state index >= 15 is 0 Å². The molecule has 0 bridgehead atoms. The van der Waals surface area contributed by atoms with Gasteiger partial charge < -0.3 is 10.6 Å². The Balaban J connectivity index is 2.28. The Bertz CT molecular complexity index is 406. The first-order chi connectivity index (χ1) is 7.69. The second-order valence-corrected chi connectivity index (χ2v) is 4.99. The standard InChI is InChI=1S/C12H15BrN2O/c1-2-3-9-7-12(16)15-10-5-4-8(13)6-11(10)14-9/h4-6,9,14H,2-3,7H2,1H3,(H,15,16). The summed E-state index contributed by atoms with van der Waals surface area (Å²) in [6.45, 7) is 2.13. The number of halogens is 1. The van der Waals surface area contributed by atoms with Crippen molar-refractivity contribution in [1.82, 2.24) is 0 Å². The van der Waals surface area contributed by atoms with Crippen LogP contribution in [0.1, 0.15) is 26.2 Å². The number of carbonyl (C=O) groups excluding carboxylic acids is 1. The van der Waals surface area contributed by atoms with Gasteiger partial charge in [0.25, 0.3) is 0 Å². The van der Waals surface area contributed by atoms with Crippen molar-refractivity contribution < 1.29 is 4.79 Å². The molecule has 0 aliphatic carbocycles. The zero-order valence-electron chi connectivity index (χ0n) is 9.22. The van der Waals surface area contributed by atoms with E-state index in [-0.39, 0.29) is 11.9 Å². The maximum Gasteiger partial charge on any atom is 0.226 e. The van der Waals surface area contributed by atoms with Crippen LogP contribution in [0.3, 0.4) is 0 Å². The summed E-state index contributed by atoms with van der Waals surface area (Å²) < 4.78 is 1.02. The van der Waals surface area contributed by atoms with Crippen molar-refractivity contribution in [2.45, 2.75) is 32.2 Å². The van der Waals surface area contributed by atoms with Gasteiger partial charge in [-0.3, -0.25) is 4.79 Å². The van der Waals surface area contributed by atoms with Crippen LogP contribution in [0.2, 0.25) is 0 Å². The van der Waals surface area contributed by atoms with E-state index in [9.17, 15) is 4.79 Å². The summed E-state index contributed by atoms with van der Waals surface area (Å²) in [4.78, 5) is 11.7. The van der Waals surface area contributed by atoms with Crippen LogP contribution in [0, 0.1) is 0 Å². The predicted octanol–water partition coefficient (Wildman–Crippen LogP) is 3.37. The van der Waals surface area contributed by atoms with Gasteiger partial charge in [-0.15, -0.1) is 0 Å². The van der Waals surface area contributed by atoms with Gasteiger partial charge in [0.2, 0.25) is 5.91 Å². The average Bonchev–Trinajstić information content (AvgIpc) is 2.36. The van der Waals surface area contributed by atoms with E-state index in [1.54, 1.807) is 0 Å². The molecule has 1 aromatic rings. The van der Waals surface area contributed by atoms with E-state index in [1.807, 2.05) is 18.2 Å². The molecule has 1 amide bonds. The van der Waals surface area contributed by atoms with Crippen LogP contribution in [0.25, 0.3) is 0 Å². The number of benzene rings is 1. The van der Waals surface area contributed by atoms with E-state index in [4.69, 9.17) is 0 Å². The van der Waals surface area contributed by atoms with Crippen LogP contribution in [-0.4, -0.2) is 11.9 Å². The van der Waals surface area contributed by atoms with Gasteiger partial charge in [0.1, 0.15) is 0 Å². The fourth-order valence-corrected chi connectivity index (χ4v) is 2.32. The van der Waals surface area contributed by atoms with Gasteiger partial charge in [-0.25, -0.2) is 0 Å². The molecule has 1 atom stereocenters. The molecule has 1 heterocycles. The molecule has 1 aliphatic heterocycles. The Morgan fingerprint density at radius 3 is 3.00 bits per heavy atom. The van der Waals surface area contributed by atoms with Crippen LogP contribution in [0.15, 0.2) is 22.7 Å². The minimum atomic E-state index is 0.0898. The van der Waals surface area contributed by atoms with E-state index in [1.165, 1.54) is 0 Å². The van der Waals surface area contributed by atoms with Crippen LogP contribution < -0.4 is 10.6 Å². The molecule has 1 aliphatic rings. The first kappa shape index (κ1) is 11.5. The summed E-state index contributed by atoms with van der Waals surface area (Å²) in [6, 6.07) is 6.09. The van der Waals surface area contributed by atoms with E-state index in [0.29, 0.717) is 6.42 Å².